The Kier molecular flexibility index (Phi) is 8.06. The van der Waals surface area contributed by atoms with Crippen LogP contribution >= 0.6 is 11.3 Å². The fourth-order valence-corrected chi connectivity index (χ4v) is 4.53. The standard InChI is InChI=1S/C26H29NO4S/c1-5-6-10-19-13-15-20(16-14-19)22-18(3)32-25(23(22)26(29)30-4)27-24(28)17(2)31-21-11-8-7-9-12-21/h7-9,11-17H,5-6,10H2,1-4H3,(H,27,28). The van der Waals surface area contributed by atoms with Crippen molar-refractivity contribution in [1.82, 2.24) is 0 Å². The monoisotopic (exact) mass is 451 g/mol. The van der Waals surface area contributed by atoms with E-state index in [2.05, 4.69) is 24.4 Å². The van der Waals surface area contributed by atoms with E-state index in [0.717, 1.165) is 35.3 Å². The van der Waals surface area contributed by atoms with E-state index in [1.807, 2.05) is 37.3 Å². The van der Waals surface area contributed by atoms with Crippen LogP contribution in [0.25, 0.3) is 11.1 Å². The summed E-state index contributed by atoms with van der Waals surface area (Å²) in [4.78, 5) is 26.4. The maximum atomic E-state index is 12.8. The van der Waals surface area contributed by atoms with Crippen LogP contribution in [-0.4, -0.2) is 25.1 Å². The number of unbranched alkanes of at least 4 members (excludes halogenated alkanes) is 1. The SMILES string of the molecule is CCCCc1ccc(-c2c(C)sc(NC(=O)C(C)Oc3ccccc3)c2C(=O)OC)cc1. The van der Waals surface area contributed by atoms with Crippen LogP contribution in [0, 0.1) is 6.92 Å². The summed E-state index contributed by atoms with van der Waals surface area (Å²) >= 11 is 1.36. The average Bonchev–Trinajstić information content (AvgIpc) is 3.13. The number of carbonyl (C=O) groups is 2. The van der Waals surface area contributed by atoms with Crippen molar-refractivity contribution < 1.29 is 19.1 Å². The predicted molar refractivity (Wildman–Crippen MR) is 130 cm³/mol. The van der Waals surface area contributed by atoms with E-state index in [4.69, 9.17) is 9.47 Å². The normalized spacial score (nSPS) is 11.6. The van der Waals surface area contributed by atoms with Gasteiger partial charge >= 0.3 is 5.97 Å². The molecule has 1 aromatic heterocycles. The van der Waals surface area contributed by atoms with Crippen LogP contribution in [0.15, 0.2) is 54.6 Å². The molecule has 0 aliphatic heterocycles. The number of nitrogens with one attached hydrogen (secondary N) is 1. The highest BCUT2D eigenvalue weighted by atomic mass is 32.1. The molecule has 32 heavy (non-hydrogen) atoms. The Morgan fingerprint density at radius 3 is 2.38 bits per heavy atom. The van der Waals surface area contributed by atoms with E-state index in [1.165, 1.54) is 24.0 Å². The van der Waals surface area contributed by atoms with Crippen LogP contribution in [-0.2, 0) is 16.0 Å². The van der Waals surface area contributed by atoms with Crippen molar-refractivity contribution in [1.29, 1.82) is 0 Å². The number of aryl methyl sites for hydroxylation is 2. The minimum Gasteiger partial charge on any atom is -0.481 e. The third-order valence-corrected chi connectivity index (χ3v) is 6.22. The number of anilines is 1. The Hall–Kier alpha value is -3.12. The van der Waals surface area contributed by atoms with E-state index in [1.54, 1.807) is 19.1 Å². The highest BCUT2D eigenvalue weighted by molar-refractivity contribution is 7.17. The van der Waals surface area contributed by atoms with Gasteiger partial charge < -0.3 is 14.8 Å². The lowest BCUT2D eigenvalue weighted by molar-refractivity contribution is -0.122. The minimum absolute atomic E-state index is 0.332. The summed E-state index contributed by atoms with van der Waals surface area (Å²) in [5, 5.41) is 3.34. The summed E-state index contributed by atoms with van der Waals surface area (Å²) < 4.78 is 10.8. The van der Waals surface area contributed by atoms with E-state index in [0.29, 0.717) is 16.3 Å². The Labute approximate surface area is 193 Å². The van der Waals surface area contributed by atoms with E-state index in [-0.39, 0.29) is 5.91 Å². The molecule has 0 aliphatic carbocycles. The third kappa shape index (κ3) is 5.56. The molecule has 168 valence electrons. The molecule has 5 nitrogen and oxygen atoms in total. The van der Waals surface area contributed by atoms with Gasteiger partial charge in [0.05, 0.1) is 7.11 Å². The number of carbonyl (C=O) groups excluding carboxylic acids is 2. The molecule has 3 aromatic rings. The van der Waals surface area contributed by atoms with E-state index >= 15 is 0 Å². The molecule has 0 saturated heterocycles. The van der Waals surface area contributed by atoms with Gasteiger partial charge in [-0.2, -0.15) is 0 Å². The largest absolute Gasteiger partial charge is 0.481 e. The lowest BCUT2D eigenvalue weighted by atomic mass is 9.98. The highest BCUT2D eigenvalue weighted by Crippen LogP contribution is 2.40. The lowest BCUT2D eigenvalue weighted by Crippen LogP contribution is -2.30. The number of hydrogen-bond donors (Lipinski definition) is 1. The van der Waals surface area contributed by atoms with Crippen molar-refractivity contribution in [3.63, 3.8) is 0 Å². The Morgan fingerprint density at radius 2 is 1.75 bits per heavy atom. The highest BCUT2D eigenvalue weighted by Gasteiger charge is 2.26. The summed E-state index contributed by atoms with van der Waals surface area (Å²) in [7, 11) is 1.35. The Balaban J connectivity index is 1.87. The number of esters is 1. The van der Waals surface area contributed by atoms with Gasteiger partial charge in [-0.05, 0) is 49.9 Å². The molecule has 0 saturated carbocycles. The fourth-order valence-electron chi connectivity index (χ4n) is 3.47. The predicted octanol–water partition coefficient (Wildman–Crippen LogP) is 6.26. The van der Waals surface area contributed by atoms with Crippen molar-refractivity contribution in [2.24, 2.45) is 0 Å². The third-order valence-electron chi connectivity index (χ3n) is 5.20. The van der Waals surface area contributed by atoms with Crippen LogP contribution in [0.2, 0.25) is 0 Å². The van der Waals surface area contributed by atoms with Crippen LogP contribution in [0.5, 0.6) is 5.75 Å². The second-order valence-corrected chi connectivity index (χ2v) is 8.82. The number of hydrogen-bond acceptors (Lipinski definition) is 5. The number of para-hydroxylation sites is 1. The Bertz CT molecular complexity index is 1060. The van der Waals surface area contributed by atoms with Crippen LogP contribution in [0.3, 0.4) is 0 Å². The molecule has 0 aliphatic rings. The maximum Gasteiger partial charge on any atom is 0.341 e. The molecule has 1 amide bonds. The molecular formula is C26H29NO4S. The van der Waals surface area contributed by atoms with E-state index in [9.17, 15) is 9.59 Å². The van der Waals surface area contributed by atoms with Gasteiger partial charge in [-0.15, -0.1) is 11.3 Å². The number of methoxy groups -OCH3 is 1. The second-order valence-electron chi connectivity index (χ2n) is 7.59. The zero-order valence-corrected chi connectivity index (χ0v) is 19.8. The summed E-state index contributed by atoms with van der Waals surface area (Å²) in [6, 6.07) is 17.4. The summed E-state index contributed by atoms with van der Waals surface area (Å²) in [6.45, 7) is 5.79. The molecule has 1 unspecified atom stereocenters. The van der Waals surface area contributed by atoms with Gasteiger partial charge in [-0.1, -0.05) is 55.8 Å². The molecule has 6 heteroatoms. The quantitative estimate of drug-likeness (QED) is 0.390. The number of amides is 1. The molecule has 1 heterocycles. The van der Waals surface area contributed by atoms with Crippen LogP contribution in [0.4, 0.5) is 5.00 Å². The average molecular weight is 452 g/mol. The van der Waals surface area contributed by atoms with Gasteiger partial charge in [0.1, 0.15) is 16.3 Å². The number of thiophene rings is 1. The molecule has 1 N–H and O–H groups in total. The Morgan fingerprint density at radius 1 is 1.06 bits per heavy atom. The van der Waals surface area contributed by atoms with Gasteiger partial charge in [0.2, 0.25) is 0 Å². The molecule has 0 fully saturated rings. The van der Waals surface area contributed by atoms with Crippen LogP contribution < -0.4 is 10.1 Å². The summed E-state index contributed by atoms with van der Waals surface area (Å²) in [5.41, 5.74) is 3.35. The van der Waals surface area contributed by atoms with Crippen molar-refractivity contribution in [2.45, 2.75) is 46.1 Å². The van der Waals surface area contributed by atoms with Gasteiger partial charge in [0.25, 0.3) is 5.91 Å². The van der Waals surface area contributed by atoms with Gasteiger partial charge in [0, 0.05) is 10.4 Å². The molecule has 3 rings (SSSR count). The number of ether oxygens (including phenoxy) is 2. The number of benzene rings is 2. The molecule has 2 aromatic carbocycles. The maximum absolute atomic E-state index is 12.8. The number of rotatable bonds is 9. The first kappa shape index (κ1) is 23.5. The van der Waals surface area contributed by atoms with Crippen molar-refractivity contribution in [3.8, 4) is 16.9 Å². The van der Waals surface area contributed by atoms with Crippen LogP contribution in [0.1, 0.15) is 47.5 Å². The lowest BCUT2D eigenvalue weighted by Gasteiger charge is -2.15. The summed E-state index contributed by atoms with van der Waals surface area (Å²) in [5.74, 6) is -0.206. The van der Waals surface area contributed by atoms with Crippen molar-refractivity contribution >= 4 is 28.2 Å². The van der Waals surface area contributed by atoms with Crippen molar-refractivity contribution in [3.05, 3.63) is 70.6 Å². The minimum atomic E-state index is -0.730. The smallest absolute Gasteiger partial charge is 0.341 e. The second kappa shape index (κ2) is 11.0. The van der Waals surface area contributed by atoms with Crippen molar-refractivity contribution in [2.75, 3.05) is 12.4 Å². The van der Waals surface area contributed by atoms with E-state index < -0.39 is 12.1 Å². The first-order valence-electron chi connectivity index (χ1n) is 10.8. The van der Waals surface area contributed by atoms with Gasteiger partial charge in [-0.3, -0.25) is 4.79 Å². The molecular weight excluding hydrogens is 422 g/mol. The zero-order chi connectivity index (χ0) is 23.1. The first-order valence-corrected chi connectivity index (χ1v) is 11.6. The molecule has 0 bridgehead atoms. The first-order chi connectivity index (χ1) is 15.4. The topological polar surface area (TPSA) is 64.6 Å². The zero-order valence-electron chi connectivity index (χ0n) is 18.9. The molecule has 1 atom stereocenters. The summed E-state index contributed by atoms with van der Waals surface area (Å²) in [6.07, 6.45) is 2.59. The van der Waals surface area contributed by atoms with Gasteiger partial charge in [0.15, 0.2) is 6.10 Å². The molecule has 0 radical (unpaired) electrons. The molecule has 0 spiro atoms. The van der Waals surface area contributed by atoms with Gasteiger partial charge in [-0.25, -0.2) is 4.79 Å². The fraction of sp³-hybridized carbons (Fsp3) is 0.308.